The third kappa shape index (κ3) is 4.07. The Labute approximate surface area is 144 Å². The molecule has 1 aromatic carbocycles. The first-order valence-corrected chi connectivity index (χ1v) is 9.16. The molecule has 2 rings (SSSR count). The largest absolute Gasteiger partial charge is 0.598 e. The molecule has 1 N–H and O–H groups in total. The van der Waals surface area contributed by atoms with Crippen LogP contribution < -0.4 is 4.72 Å². The van der Waals surface area contributed by atoms with Gasteiger partial charge in [0.05, 0.1) is 11.6 Å². The number of halogens is 3. The minimum atomic E-state index is -3.39. The van der Waals surface area contributed by atoms with Crippen LogP contribution in [0, 0.1) is 5.82 Å². The summed E-state index contributed by atoms with van der Waals surface area (Å²) < 4.78 is 63.3. The fraction of sp³-hybridized carbons (Fsp3) is 0.647. The zero-order valence-electron chi connectivity index (χ0n) is 14.4. The molecular formula is C17H24F3NO2S. The highest BCUT2D eigenvalue weighted by molar-refractivity contribution is 7.90. The zero-order chi connectivity index (χ0) is 18.1. The Morgan fingerprint density at radius 2 is 2.00 bits per heavy atom. The van der Waals surface area contributed by atoms with Gasteiger partial charge in [-0.25, -0.2) is 4.39 Å². The van der Waals surface area contributed by atoms with E-state index in [9.17, 15) is 17.7 Å². The van der Waals surface area contributed by atoms with Crippen LogP contribution in [0.2, 0.25) is 0 Å². The van der Waals surface area contributed by atoms with Crippen LogP contribution in [0.15, 0.2) is 18.2 Å². The summed E-state index contributed by atoms with van der Waals surface area (Å²) in [5.74, 6) is -4.36. The van der Waals surface area contributed by atoms with E-state index in [1.54, 1.807) is 27.7 Å². The summed E-state index contributed by atoms with van der Waals surface area (Å²) in [6.45, 7) is 7.21. The number of hydrogen-bond donors (Lipinski definition) is 1. The maximum Gasteiger partial charge on any atom is 0.301 e. The van der Waals surface area contributed by atoms with E-state index in [2.05, 4.69) is 4.72 Å². The number of hydrogen-bond acceptors (Lipinski definition) is 3. The molecule has 3 nitrogen and oxygen atoms in total. The summed E-state index contributed by atoms with van der Waals surface area (Å²) in [6.07, 6.45) is -0.544. The molecule has 24 heavy (non-hydrogen) atoms. The van der Waals surface area contributed by atoms with Crippen molar-refractivity contribution in [3.63, 3.8) is 0 Å². The quantitative estimate of drug-likeness (QED) is 0.797. The van der Waals surface area contributed by atoms with Gasteiger partial charge in [0, 0.05) is 23.5 Å². The maximum atomic E-state index is 14.7. The topological polar surface area (TPSA) is 44.3 Å². The van der Waals surface area contributed by atoms with Gasteiger partial charge in [0.15, 0.2) is 0 Å². The number of benzene rings is 1. The average Bonchev–Trinajstić information content (AvgIpc) is 3.01. The van der Waals surface area contributed by atoms with E-state index in [0.717, 1.165) is 6.07 Å². The highest BCUT2D eigenvalue weighted by Crippen LogP contribution is 2.40. The summed E-state index contributed by atoms with van der Waals surface area (Å²) in [5, 5.41) is 0. The second-order valence-corrected chi connectivity index (χ2v) is 9.05. The smallest absolute Gasteiger partial charge is 0.301 e. The van der Waals surface area contributed by atoms with Crippen molar-refractivity contribution in [1.82, 2.24) is 4.72 Å². The normalized spacial score (nSPS) is 21.8. The van der Waals surface area contributed by atoms with Gasteiger partial charge >= 0.3 is 5.92 Å². The minimum absolute atomic E-state index is 0.0720. The molecule has 3 atom stereocenters. The molecule has 1 aromatic rings. The second-order valence-electron chi connectivity index (χ2n) is 7.05. The van der Waals surface area contributed by atoms with Gasteiger partial charge in [-0.2, -0.15) is 8.78 Å². The molecule has 0 aromatic heterocycles. The summed E-state index contributed by atoms with van der Waals surface area (Å²) in [4.78, 5) is 0. The third-order valence-electron chi connectivity index (χ3n) is 4.03. The molecule has 0 bridgehead atoms. The van der Waals surface area contributed by atoms with E-state index < -0.39 is 45.6 Å². The standard InChI is InChI=1S/C17H24F3NO2S/c1-11(21-24(22)16(2,3)4)12-7-5-8-13(15(12)18)17(19,20)14-9-6-10-23-14/h5,7-8,11,14,21H,6,9-10H2,1-4H3/t11-,14?,24?/m1/s1. The monoisotopic (exact) mass is 363 g/mol. The van der Waals surface area contributed by atoms with Crippen molar-refractivity contribution >= 4 is 11.4 Å². The molecular weight excluding hydrogens is 339 g/mol. The Kier molecular flexibility index (Phi) is 5.90. The summed E-state index contributed by atoms with van der Waals surface area (Å²) in [6, 6.07) is 3.26. The molecule has 0 saturated carbocycles. The maximum absolute atomic E-state index is 14.7. The Morgan fingerprint density at radius 1 is 1.33 bits per heavy atom. The van der Waals surface area contributed by atoms with E-state index in [1.807, 2.05) is 0 Å². The molecule has 1 fully saturated rings. The SMILES string of the molecule is C[C@@H](N[S+]([O-])C(C)(C)C)c1cccc(C(F)(F)C2CCCO2)c1F. The number of ether oxygens (including phenoxy) is 1. The van der Waals surface area contributed by atoms with Crippen LogP contribution in [0.5, 0.6) is 0 Å². The van der Waals surface area contributed by atoms with E-state index in [1.165, 1.54) is 12.1 Å². The molecule has 0 radical (unpaired) electrons. The molecule has 1 aliphatic heterocycles. The van der Waals surface area contributed by atoms with E-state index in [0.29, 0.717) is 6.42 Å². The number of alkyl halides is 2. The van der Waals surface area contributed by atoms with Crippen LogP contribution in [-0.4, -0.2) is 22.0 Å². The van der Waals surface area contributed by atoms with Gasteiger partial charge in [0.25, 0.3) is 0 Å². The molecule has 2 unspecified atom stereocenters. The lowest BCUT2D eigenvalue weighted by molar-refractivity contribution is -0.124. The molecule has 0 aliphatic carbocycles. The van der Waals surface area contributed by atoms with Crippen molar-refractivity contribution in [3.05, 3.63) is 35.1 Å². The first-order chi connectivity index (χ1) is 11.0. The number of rotatable bonds is 5. The van der Waals surface area contributed by atoms with Crippen LogP contribution in [0.25, 0.3) is 0 Å². The van der Waals surface area contributed by atoms with Gasteiger partial charge in [0.2, 0.25) is 0 Å². The van der Waals surface area contributed by atoms with Gasteiger partial charge in [-0.3, -0.25) is 0 Å². The van der Waals surface area contributed by atoms with Crippen molar-refractivity contribution in [2.45, 2.75) is 63.4 Å². The summed E-state index contributed by atoms with van der Waals surface area (Å²) in [5.41, 5.74) is -0.593. The minimum Gasteiger partial charge on any atom is -0.598 e. The van der Waals surface area contributed by atoms with Crippen LogP contribution in [0.4, 0.5) is 13.2 Å². The van der Waals surface area contributed by atoms with Gasteiger partial charge in [0.1, 0.15) is 16.7 Å². The molecule has 1 heterocycles. The lowest BCUT2D eigenvalue weighted by Gasteiger charge is -2.28. The zero-order valence-corrected chi connectivity index (χ0v) is 15.2. The first-order valence-electron chi connectivity index (χ1n) is 8.01. The Hall–Kier alpha value is -0.760. The van der Waals surface area contributed by atoms with Crippen LogP contribution in [0.3, 0.4) is 0 Å². The molecule has 0 amide bonds. The van der Waals surface area contributed by atoms with Gasteiger partial charge in [-0.1, -0.05) is 12.1 Å². The molecule has 1 saturated heterocycles. The number of nitrogens with one attached hydrogen (secondary N) is 1. The third-order valence-corrected chi connectivity index (χ3v) is 5.71. The molecule has 7 heteroatoms. The van der Waals surface area contributed by atoms with Gasteiger partial charge in [-0.05, 0) is 46.6 Å². The Bertz CT molecular complexity index is 571. The summed E-state index contributed by atoms with van der Waals surface area (Å²) in [7, 11) is 0. The van der Waals surface area contributed by atoms with Crippen LogP contribution in [0.1, 0.15) is 57.7 Å². The van der Waals surface area contributed by atoms with Crippen LogP contribution >= 0.6 is 0 Å². The summed E-state index contributed by atoms with van der Waals surface area (Å²) >= 11 is -1.43. The van der Waals surface area contributed by atoms with Crippen molar-refractivity contribution in [2.24, 2.45) is 0 Å². The Morgan fingerprint density at radius 3 is 2.54 bits per heavy atom. The Balaban J connectivity index is 2.27. The lowest BCUT2D eigenvalue weighted by atomic mass is 9.96. The predicted molar refractivity (Wildman–Crippen MR) is 88.7 cm³/mol. The first kappa shape index (κ1) is 19.6. The fourth-order valence-electron chi connectivity index (χ4n) is 2.58. The second kappa shape index (κ2) is 7.23. The van der Waals surface area contributed by atoms with Gasteiger partial charge < -0.3 is 9.29 Å². The predicted octanol–water partition coefficient (Wildman–Crippen LogP) is 4.21. The van der Waals surface area contributed by atoms with Crippen LogP contribution in [-0.2, 0) is 22.0 Å². The molecule has 1 aliphatic rings. The highest BCUT2D eigenvalue weighted by atomic mass is 32.2. The van der Waals surface area contributed by atoms with Crippen molar-refractivity contribution < 1.29 is 22.5 Å². The lowest BCUT2D eigenvalue weighted by Crippen LogP contribution is -2.41. The van der Waals surface area contributed by atoms with Gasteiger partial charge in [-0.15, -0.1) is 4.72 Å². The van der Waals surface area contributed by atoms with E-state index in [-0.39, 0.29) is 18.6 Å². The van der Waals surface area contributed by atoms with Crippen molar-refractivity contribution in [1.29, 1.82) is 0 Å². The fourth-order valence-corrected chi connectivity index (χ4v) is 3.38. The molecule has 0 spiro atoms. The average molecular weight is 363 g/mol. The van der Waals surface area contributed by atoms with Crippen molar-refractivity contribution in [3.8, 4) is 0 Å². The van der Waals surface area contributed by atoms with E-state index in [4.69, 9.17) is 4.74 Å². The van der Waals surface area contributed by atoms with E-state index >= 15 is 0 Å². The van der Waals surface area contributed by atoms with Crippen molar-refractivity contribution in [2.75, 3.05) is 6.61 Å². The molecule has 136 valence electrons. The highest BCUT2D eigenvalue weighted by Gasteiger charge is 2.46.